The molecule has 0 saturated heterocycles. The van der Waals surface area contributed by atoms with E-state index in [1.54, 1.807) is 6.92 Å². The Labute approximate surface area is 118 Å². The first kappa shape index (κ1) is 14.4. The SMILES string of the molecule is COc1ccc(C(=O)NC(C)c2nn[nH]n2)cc1[N+](=O)[O-]. The number of ether oxygens (including phenoxy) is 1. The maximum atomic E-state index is 12.1. The Kier molecular flexibility index (Phi) is 4.07. The number of rotatable bonds is 5. The summed E-state index contributed by atoms with van der Waals surface area (Å²) >= 11 is 0. The Morgan fingerprint density at radius 2 is 2.29 bits per heavy atom. The summed E-state index contributed by atoms with van der Waals surface area (Å²) in [6.07, 6.45) is 0. The van der Waals surface area contributed by atoms with Gasteiger partial charge in [0.2, 0.25) is 0 Å². The molecule has 1 amide bonds. The molecule has 110 valence electrons. The predicted octanol–water partition coefficient (Wildman–Crippen LogP) is 0.608. The zero-order chi connectivity index (χ0) is 15.4. The molecule has 0 aliphatic heterocycles. The molecular formula is C11H12N6O4. The standard InChI is InChI=1S/C11H12N6O4/c1-6(10-13-15-16-14-10)12-11(18)7-3-4-9(21-2)8(5-7)17(19)20/h3-6H,1-2H3,(H,12,18)(H,13,14,15,16). The van der Waals surface area contributed by atoms with Crippen LogP contribution in [-0.4, -0.2) is 38.6 Å². The first-order valence-corrected chi connectivity index (χ1v) is 5.89. The van der Waals surface area contributed by atoms with Crippen LogP contribution in [0.4, 0.5) is 5.69 Å². The predicted molar refractivity (Wildman–Crippen MR) is 69.7 cm³/mol. The number of carbonyl (C=O) groups is 1. The average molecular weight is 292 g/mol. The summed E-state index contributed by atoms with van der Waals surface area (Å²) in [5.74, 6) is -0.0906. The number of nitro groups is 1. The average Bonchev–Trinajstić information content (AvgIpc) is 3.00. The van der Waals surface area contributed by atoms with Crippen molar-refractivity contribution in [3.8, 4) is 5.75 Å². The van der Waals surface area contributed by atoms with Gasteiger partial charge in [0.1, 0.15) is 0 Å². The van der Waals surface area contributed by atoms with Gasteiger partial charge in [-0.15, -0.1) is 10.2 Å². The van der Waals surface area contributed by atoms with E-state index < -0.39 is 16.9 Å². The molecule has 0 aliphatic rings. The zero-order valence-electron chi connectivity index (χ0n) is 11.2. The molecule has 10 heteroatoms. The van der Waals surface area contributed by atoms with Crippen LogP contribution in [0.5, 0.6) is 5.75 Å². The minimum absolute atomic E-state index is 0.0859. The first-order valence-electron chi connectivity index (χ1n) is 5.89. The lowest BCUT2D eigenvalue weighted by Crippen LogP contribution is -2.27. The van der Waals surface area contributed by atoms with E-state index in [9.17, 15) is 14.9 Å². The third-order valence-corrected chi connectivity index (χ3v) is 2.73. The van der Waals surface area contributed by atoms with Gasteiger partial charge in [0, 0.05) is 11.6 Å². The van der Waals surface area contributed by atoms with Crippen molar-refractivity contribution in [3.05, 3.63) is 39.7 Å². The number of H-pyrrole nitrogens is 1. The molecule has 2 aromatic rings. The third-order valence-electron chi connectivity index (χ3n) is 2.73. The summed E-state index contributed by atoms with van der Waals surface area (Å²) in [7, 11) is 1.32. The van der Waals surface area contributed by atoms with Crippen LogP contribution in [-0.2, 0) is 0 Å². The van der Waals surface area contributed by atoms with Crippen molar-refractivity contribution < 1.29 is 14.5 Å². The lowest BCUT2D eigenvalue weighted by molar-refractivity contribution is -0.385. The van der Waals surface area contributed by atoms with E-state index in [0.29, 0.717) is 5.82 Å². The third kappa shape index (κ3) is 3.11. The monoisotopic (exact) mass is 292 g/mol. The number of nitrogens with one attached hydrogen (secondary N) is 2. The number of amides is 1. The molecule has 21 heavy (non-hydrogen) atoms. The molecule has 0 saturated carbocycles. The summed E-state index contributed by atoms with van der Waals surface area (Å²) in [4.78, 5) is 22.4. The van der Waals surface area contributed by atoms with Gasteiger partial charge in [-0.05, 0) is 19.1 Å². The number of tetrazole rings is 1. The van der Waals surface area contributed by atoms with Crippen molar-refractivity contribution >= 4 is 11.6 Å². The van der Waals surface area contributed by atoms with Crippen molar-refractivity contribution in [1.29, 1.82) is 0 Å². The highest BCUT2D eigenvalue weighted by molar-refractivity contribution is 5.95. The largest absolute Gasteiger partial charge is 0.490 e. The summed E-state index contributed by atoms with van der Waals surface area (Å²) in [6, 6.07) is 3.46. The van der Waals surface area contributed by atoms with Crippen LogP contribution in [0.3, 0.4) is 0 Å². The van der Waals surface area contributed by atoms with Crippen LogP contribution in [0.1, 0.15) is 29.1 Å². The van der Waals surface area contributed by atoms with Gasteiger partial charge in [0.05, 0.1) is 18.1 Å². The minimum Gasteiger partial charge on any atom is -0.490 e. The topological polar surface area (TPSA) is 136 Å². The molecule has 2 rings (SSSR count). The maximum absolute atomic E-state index is 12.1. The fraction of sp³-hybridized carbons (Fsp3) is 0.273. The van der Waals surface area contributed by atoms with Gasteiger partial charge in [0.15, 0.2) is 11.6 Å². The Morgan fingerprint density at radius 1 is 1.52 bits per heavy atom. The molecule has 0 spiro atoms. The molecule has 10 nitrogen and oxygen atoms in total. The minimum atomic E-state index is -0.613. The van der Waals surface area contributed by atoms with E-state index in [-0.39, 0.29) is 17.0 Å². The highest BCUT2D eigenvalue weighted by Crippen LogP contribution is 2.27. The van der Waals surface area contributed by atoms with Crippen molar-refractivity contribution in [2.45, 2.75) is 13.0 Å². The number of carbonyl (C=O) groups excluding carboxylic acids is 1. The molecular weight excluding hydrogens is 280 g/mol. The van der Waals surface area contributed by atoms with E-state index in [1.165, 1.54) is 19.2 Å². The van der Waals surface area contributed by atoms with E-state index in [2.05, 4.69) is 25.9 Å². The number of nitrogens with zero attached hydrogens (tertiary/aromatic N) is 4. The summed E-state index contributed by atoms with van der Waals surface area (Å²) in [5.41, 5.74) is -0.143. The molecule has 0 bridgehead atoms. The fourth-order valence-electron chi connectivity index (χ4n) is 1.67. The Bertz CT molecular complexity index is 657. The number of aromatic nitrogens is 4. The second-order valence-electron chi connectivity index (χ2n) is 4.11. The van der Waals surface area contributed by atoms with Gasteiger partial charge in [-0.1, -0.05) is 5.21 Å². The molecule has 1 atom stereocenters. The summed E-state index contributed by atoms with van der Waals surface area (Å²) < 4.78 is 4.88. The zero-order valence-corrected chi connectivity index (χ0v) is 11.2. The van der Waals surface area contributed by atoms with Crippen molar-refractivity contribution in [2.24, 2.45) is 0 Å². The first-order chi connectivity index (χ1) is 10.0. The lowest BCUT2D eigenvalue weighted by Gasteiger charge is -2.10. The van der Waals surface area contributed by atoms with Gasteiger partial charge in [-0.3, -0.25) is 14.9 Å². The molecule has 2 N–H and O–H groups in total. The number of hydrogen-bond donors (Lipinski definition) is 2. The van der Waals surface area contributed by atoms with Crippen LogP contribution < -0.4 is 10.1 Å². The van der Waals surface area contributed by atoms with Crippen LogP contribution in [0, 0.1) is 10.1 Å². The van der Waals surface area contributed by atoms with Crippen LogP contribution in [0.15, 0.2) is 18.2 Å². The van der Waals surface area contributed by atoms with Crippen molar-refractivity contribution in [1.82, 2.24) is 25.9 Å². The second kappa shape index (κ2) is 5.94. The highest BCUT2D eigenvalue weighted by Gasteiger charge is 2.20. The quantitative estimate of drug-likeness (QED) is 0.608. The van der Waals surface area contributed by atoms with E-state index >= 15 is 0 Å². The van der Waals surface area contributed by atoms with Gasteiger partial charge >= 0.3 is 5.69 Å². The highest BCUT2D eigenvalue weighted by atomic mass is 16.6. The van der Waals surface area contributed by atoms with Gasteiger partial charge in [0.25, 0.3) is 5.91 Å². The second-order valence-corrected chi connectivity index (χ2v) is 4.11. The van der Waals surface area contributed by atoms with Gasteiger partial charge < -0.3 is 10.1 Å². The Balaban J connectivity index is 2.19. The Hall–Kier alpha value is -3.04. The van der Waals surface area contributed by atoms with Crippen LogP contribution in [0.2, 0.25) is 0 Å². The summed E-state index contributed by atoms with van der Waals surface area (Å²) in [5, 5.41) is 26.7. The van der Waals surface area contributed by atoms with Gasteiger partial charge in [-0.2, -0.15) is 5.21 Å². The Morgan fingerprint density at radius 3 is 2.86 bits per heavy atom. The van der Waals surface area contributed by atoms with E-state index in [4.69, 9.17) is 4.74 Å². The smallest absolute Gasteiger partial charge is 0.311 e. The van der Waals surface area contributed by atoms with Gasteiger partial charge in [-0.25, -0.2) is 0 Å². The van der Waals surface area contributed by atoms with Crippen LogP contribution >= 0.6 is 0 Å². The maximum Gasteiger partial charge on any atom is 0.311 e. The van der Waals surface area contributed by atoms with Crippen molar-refractivity contribution in [2.75, 3.05) is 7.11 Å². The fourth-order valence-corrected chi connectivity index (χ4v) is 1.67. The number of hydrogen-bond acceptors (Lipinski definition) is 7. The van der Waals surface area contributed by atoms with E-state index in [1.807, 2.05) is 0 Å². The number of methoxy groups -OCH3 is 1. The molecule has 0 radical (unpaired) electrons. The molecule has 1 aromatic carbocycles. The number of nitro benzene ring substituents is 1. The number of benzene rings is 1. The van der Waals surface area contributed by atoms with E-state index in [0.717, 1.165) is 6.07 Å². The summed E-state index contributed by atoms with van der Waals surface area (Å²) in [6.45, 7) is 1.67. The van der Waals surface area contributed by atoms with Crippen molar-refractivity contribution in [3.63, 3.8) is 0 Å². The van der Waals surface area contributed by atoms with Crippen LogP contribution in [0.25, 0.3) is 0 Å². The molecule has 0 fully saturated rings. The molecule has 1 unspecified atom stereocenters. The normalized spacial score (nSPS) is 11.7. The molecule has 1 aromatic heterocycles. The number of aromatic amines is 1. The lowest BCUT2D eigenvalue weighted by atomic mass is 10.1. The molecule has 0 aliphatic carbocycles. The molecule has 1 heterocycles.